The highest BCUT2D eigenvalue weighted by molar-refractivity contribution is 7.92. The lowest BCUT2D eigenvalue weighted by Crippen LogP contribution is -2.45. The van der Waals surface area contributed by atoms with Gasteiger partial charge in [-0.25, -0.2) is 8.42 Å². The molecule has 128 valence electrons. The maximum Gasteiger partial charge on any atom is 0.253 e. The van der Waals surface area contributed by atoms with Crippen LogP contribution < -0.4 is 10.0 Å². The number of carbonyl (C=O) groups is 1. The van der Waals surface area contributed by atoms with Gasteiger partial charge in [0.2, 0.25) is 10.0 Å². The highest BCUT2D eigenvalue weighted by atomic mass is 35.5. The van der Waals surface area contributed by atoms with Crippen molar-refractivity contribution in [1.82, 2.24) is 4.90 Å². The lowest BCUT2D eigenvalue weighted by molar-refractivity contribution is 0.0708. The number of anilines is 1. The Labute approximate surface area is 143 Å². The molecule has 3 rings (SSSR count). The summed E-state index contributed by atoms with van der Waals surface area (Å²) in [6, 6.07) is 5.32. The van der Waals surface area contributed by atoms with E-state index in [1.165, 1.54) is 10.6 Å². The van der Waals surface area contributed by atoms with Gasteiger partial charge in [-0.3, -0.25) is 9.10 Å². The van der Waals surface area contributed by atoms with E-state index in [9.17, 15) is 13.2 Å². The van der Waals surface area contributed by atoms with E-state index in [1.807, 2.05) is 6.07 Å². The van der Waals surface area contributed by atoms with Crippen LogP contribution in [0.5, 0.6) is 0 Å². The van der Waals surface area contributed by atoms with E-state index < -0.39 is 10.0 Å². The predicted octanol–water partition coefficient (Wildman–Crippen LogP) is 0.994. The van der Waals surface area contributed by atoms with Gasteiger partial charge >= 0.3 is 0 Å². The molecule has 0 bridgehead atoms. The second-order valence-corrected chi connectivity index (χ2v) is 7.99. The molecule has 0 aromatic heterocycles. The number of nitrogens with two attached hydrogens (primary N) is 1. The molecule has 1 aromatic carbocycles. The fourth-order valence-corrected chi connectivity index (χ4v) is 4.18. The SMILES string of the molecule is CS(=O)(=O)N1CCc2cc(C(=O)N3CCCC(N)C3)ccc21.Cl. The maximum absolute atomic E-state index is 12.6. The van der Waals surface area contributed by atoms with Crippen molar-refractivity contribution < 1.29 is 13.2 Å². The number of hydrogen-bond donors (Lipinski definition) is 1. The average molecular weight is 360 g/mol. The molecule has 0 radical (unpaired) electrons. The Bertz CT molecular complexity index is 708. The van der Waals surface area contributed by atoms with E-state index in [4.69, 9.17) is 5.73 Å². The molecule has 1 fully saturated rings. The van der Waals surface area contributed by atoms with Crippen LogP contribution >= 0.6 is 12.4 Å². The molecule has 2 N–H and O–H groups in total. The molecule has 0 aliphatic carbocycles. The molecule has 0 spiro atoms. The number of benzene rings is 1. The van der Waals surface area contributed by atoms with Crippen LogP contribution in [0.15, 0.2) is 18.2 Å². The van der Waals surface area contributed by atoms with Gasteiger partial charge in [0.05, 0.1) is 11.9 Å². The number of likely N-dealkylation sites (tertiary alicyclic amines) is 1. The van der Waals surface area contributed by atoms with Gasteiger partial charge in [0.1, 0.15) is 0 Å². The third-order valence-electron chi connectivity index (χ3n) is 4.32. The quantitative estimate of drug-likeness (QED) is 0.853. The minimum absolute atomic E-state index is 0. The molecule has 8 heteroatoms. The van der Waals surface area contributed by atoms with Crippen LogP contribution in [-0.2, 0) is 16.4 Å². The second-order valence-electron chi connectivity index (χ2n) is 6.08. The van der Waals surface area contributed by atoms with Crippen LogP contribution in [0.2, 0.25) is 0 Å². The molecule has 1 amide bonds. The van der Waals surface area contributed by atoms with E-state index >= 15 is 0 Å². The molecule has 2 aliphatic heterocycles. The number of fused-ring (bicyclic) bond motifs is 1. The summed E-state index contributed by atoms with van der Waals surface area (Å²) >= 11 is 0. The van der Waals surface area contributed by atoms with Crippen LogP contribution in [0, 0.1) is 0 Å². The summed E-state index contributed by atoms with van der Waals surface area (Å²) in [6.07, 6.45) is 3.73. The first kappa shape index (κ1) is 18.0. The van der Waals surface area contributed by atoms with E-state index in [-0.39, 0.29) is 24.4 Å². The topological polar surface area (TPSA) is 83.7 Å². The Hall–Kier alpha value is -1.31. The first-order valence-electron chi connectivity index (χ1n) is 7.52. The molecular weight excluding hydrogens is 338 g/mol. The second kappa shape index (κ2) is 6.67. The van der Waals surface area contributed by atoms with E-state index in [2.05, 4.69) is 0 Å². The van der Waals surface area contributed by atoms with E-state index in [0.29, 0.717) is 30.8 Å². The fourth-order valence-electron chi connectivity index (χ4n) is 3.23. The van der Waals surface area contributed by atoms with Gasteiger partial charge in [0.15, 0.2) is 0 Å². The molecule has 2 heterocycles. The van der Waals surface area contributed by atoms with Crippen LogP contribution in [0.3, 0.4) is 0 Å². The summed E-state index contributed by atoms with van der Waals surface area (Å²) in [6.45, 7) is 1.77. The van der Waals surface area contributed by atoms with Crippen molar-refractivity contribution in [2.75, 3.05) is 30.2 Å². The van der Waals surface area contributed by atoms with Crippen molar-refractivity contribution in [2.24, 2.45) is 5.73 Å². The standard InChI is InChI=1S/C15H21N3O3S.ClH/c1-22(20,21)18-8-6-11-9-12(4-5-14(11)18)15(19)17-7-2-3-13(16)10-17;/h4-5,9,13H,2-3,6-8,10,16H2,1H3;1H. The Morgan fingerprint density at radius 3 is 2.70 bits per heavy atom. The number of halogens is 1. The summed E-state index contributed by atoms with van der Waals surface area (Å²) in [5, 5.41) is 0. The van der Waals surface area contributed by atoms with Crippen LogP contribution in [0.4, 0.5) is 5.69 Å². The van der Waals surface area contributed by atoms with Crippen molar-refractivity contribution in [3.63, 3.8) is 0 Å². The Balaban J connectivity index is 0.00000192. The molecule has 1 unspecified atom stereocenters. The maximum atomic E-state index is 12.6. The highest BCUT2D eigenvalue weighted by Gasteiger charge is 2.28. The number of rotatable bonds is 2. The first-order valence-corrected chi connectivity index (χ1v) is 9.36. The highest BCUT2D eigenvalue weighted by Crippen LogP contribution is 2.31. The molecule has 1 saturated heterocycles. The van der Waals surface area contributed by atoms with Crippen LogP contribution in [0.1, 0.15) is 28.8 Å². The molecule has 23 heavy (non-hydrogen) atoms. The number of hydrogen-bond acceptors (Lipinski definition) is 4. The van der Waals surface area contributed by atoms with Crippen LogP contribution in [-0.4, -0.2) is 51.2 Å². The van der Waals surface area contributed by atoms with Crippen molar-refractivity contribution in [3.8, 4) is 0 Å². The third kappa shape index (κ3) is 3.62. The molecule has 1 aromatic rings. The molecular formula is C15H22ClN3O3S. The zero-order valence-electron chi connectivity index (χ0n) is 13.1. The minimum atomic E-state index is -3.26. The van der Waals surface area contributed by atoms with Crippen molar-refractivity contribution in [3.05, 3.63) is 29.3 Å². The van der Waals surface area contributed by atoms with Crippen molar-refractivity contribution in [1.29, 1.82) is 0 Å². The van der Waals surface area contributed by atoms with Gasteiger partial charge in [-0.2, -0.15) is 0 Å². The van der Waals surface area contributed by atoms with Gasteiger partial charge in [-0.1, -0.05) is 0 Å². The van der Waals surface area contributed by atoms with Gasteiger partial charge in [-0.05, 0) is 43.0 Å². The summed E-state index contributed by atoms with van der Waals surface area (Å²) in [4.78, 5) is 14.4. The number of amides is 1. The van der Waals surface area contributed by atoms with Crippen molar-refractivity contribution >= 4 is 34.0 Å². The fraction of sp³-hybridized carbons (Fsp3) is 0.533. The monoisotopic (exact) mass is 359 g/mol. The summed E-state index contributed by atoms with van der Waals surface area (Å²) < 4.78 is 24.9. The smallest absolute Gasteiger partial charge is 0.253 e. The average Bonchev–Trinajstić information content (AvgIpc) is 2.89. The molecule has 1 atom stereocenters. The van der Waals surface area contributed by atoms with Gasteiger partial charge in [0.25, 0.3) is 5.91 Å². The van der Waals surface area contributed by atoms with Gasteiger partial charge in [-0.15, -0.1) is 12.4 Å². The normalized spacial score (nSPS) is 20.9. The zero-order chi connectivity index (χ0) is 15.9. The number of nitrogens with zero attached hydrogens (tertiary/aromatic N) is 2. The zero-order valence-corrected chi connectivity index (χ0v) is 14.7. The molecule has 6 nitrogen and oxygen atoms in total. The van der Waals surface area contributed by atoms with Crippen LogP contribution in [0.25, 0.3) is 0 Å². The van der Waals surface area contributed by atoms with Crippen molar-refractivity contribution in [2.45, 2.75) is 25.3 Å². The number of piperidine rings is 1. The predicted molar refractivity (Wildman–Crippen MR) is 92.7 cm³/mol. The summed E-state index contributed by atoms with van der Waals surface area (Å²) in [5.41, 5.74) is 8.15. The lowest BCUT2D eigenvalue weighted by Gasteiger charge is -2.31. The molecule has 2 aliphatic rings. The Kier molecular flexibility index (Phi) is 5.23. The largest absolute Gasteiger partial charge is 0.337 e. The number of sulfonamides is 1. The minimum Gasteiger partial charge on any atom is -0.337 e. The summed E-state index contributed by atoms with van der Waals surface area (Å²) in [7, 11) is -3.26. The van der Waals surface area contributed by atoms with Gasteiger partial charge < -0.3 is 10.6 Å². The van der Waals surface area contributed by atoms with E-state index in [1.54, 1.807) is 17.0 Å². The summed E-state index contributed by atoms with van der Waals surface area (Å²) in [5.74, 6) is -0.0178. The molecule has 0 saturated carbocycles. The Morgan fingerprint density at radius 1 is 1.30 bits per heavy atom. The third-order valence-corrected chi connectivity index (χ3v) is 5.50. The van der Waals surface area contributed by atoms with Gasteiger partial charge in [0, 0.05) is 31.2 Å². The lowest BCUT2D eigenvalue weighted by atomic mass is 10.0. The first-order chi connectivity index (χ1) is 10.4. The number of carbonyl (C=O) groups excluding carboxylic acids is 1. The van der Waals surface area contributed by atoms with E-state index in [0.717, 1.165) is 24.9 Å². The Morgan fingerprint density at radius 2 is 2.04 bits per heavy atom.